The summed E-state index contributed by atoms with van der Waals surface area (Å²) in [5.74, 6) is 0.468. The van der Waals surface area contributed by atoms with E-state index in [0.717, 1.165) is 46.2 Å². The molecular formula is C39H60O8. The van der Waals surface area contributed by atoms with Crippen molar-refractivity contribution < 1.29 is 38.7 Å². The summed E-state index contributed by atoms with van der Waals surface area (Å²) in [4.78, 5) is 24.0. The second-order valence-electron chi connectivity index (χ2n) is 15.8. The molecule has 0 radical (unpaired) electrons. The second kappa shape index (κ2) is 16.1. The summed E-state index contributed by atoms with van der Waals surface area (Å²) in [6.45, 7) is 23.8. The standard InChI is InChI=1S/C39H60O8/c1-13-38(9,10)30-23-26(17-15-19-44-34(42)46-36(3,4)5)21-28(32(30)40)25-29-22-27(24-31(33(29)41)39(11,12)14-2)18-16-20-45-35(43)47-37(6,7)8/h21-24,40-41H,13-20,25H2,1-12H3. The lowest BCUT2D eigenvalue weighted by Crippen LogP contribution is -2.24. The van der Waals surface area contributed by atoms with Gasteiger partial charge in [-0.2, -0.15) is 0 Å². The fraction of sp³-hybridized carbons (Fsp3) is 0.641. The van der Waals surface area contributed by atoms with Crippen LogP contribution < -0.4 is 0 Å². The Morgan fingerprint density at radius 1 is 0.596 bits per heavy atom. The zero-order valence-electron chi connectivity index (χ0n) is 31.0. The molecule has 0 atom stereocenters. The maximum atomic E-state index is 12.0. The predicted octanol–water partition coefficient (Wildman–Crippen LogP) is 9.83. The van der Waals surface area contributed by atoms with Gasteiger partial charge < -0.3 is 29.2 Å². The third-order valence-corrected chi connectivity index (χ3v) is 8.54. The van der Waals surface area contributed by atoms with Crippen molar-refractivity contribution in [2.45, 2.75) is 150 Å². The molecule has 0 saturated carbocycles. The first kappa shape index (κ1) is 39.8. The van der Waals surface area contributed by atoms with Gasteiger partial charge in [0.05, 0.1) is 13.2 Å². The molecule has 0 bridgehead atoms. The Kier molecular flexibility index (Phi) is 13.6. The number of hydrogen-bond donors (Lipinski definition) is 2. The summed E-state index contributed by atoms with van der Waals surface area (Å²) in [6, 6.07) is 8.07. The van der Waals surface area contributed by atoms with Gasteiger partial charge in [0.2, 0.25) is 0 Å². The third-order valence-electron chi connectivity index (χ3n) is 8.54. The Morgan fingerprint density at radius 2 is 0.936 bits per heavy atom. The number of carbonyl (C=O) groups is 2. The number of phenols is 2. The van der Waals surface area contributed by atoms with Crippen LogP contribution in [-0.2, 0) is 49.0 Å². The second-order valence-corrected chi connectivity index (χ2v) is 15.8. The zero-order valence-corrected chi connectivity index (χ0v) is 31.0. The van der Waals surface area contributed by atoms with E-state index in [1.807, 2.05) is 24.3 Å². The molecule has 0 fully saturated rings. The average Bonchev–Trinajstić information content (AvgIpc) is 2.94. The Bertz CT molecular complexity index is 1250. The molecular weight excluding hydrogens is 596 g/mol. The predicted molar refractivity (Wildman–Crippen MR) is 187 cm³/mol. The Hall–Kier alpha value is -3.42. The van der Waals surface area contributed by atoms with Crippen LogP contribution in [0.25, 0.3) is 0 Å². The van der Waals surface area contributed by atoms with Gasteiger partial charge >= 0.3 is 12.3 Å². The zero-order chi connectivity index (χ0) is 35.8. The molecule has 2 aromatic carbocycles. The van der Waals surface area contributed by atoms with Gasteiger partial charge in [-0.3, -0.25) is 0 Å². The van der Waals surface area contributed by atoms with Gasteiger partial charge in [0.25, 0.3) is 0 Å². The van der Waals surface area contributed by atoms with Crippen LogP contribution in [0.5, 0.6) is 11.5 Å². The van der Waals surface area contributed by atoms with Crippen molar-refractivity contribution >= 4 is 12.3 Å². The highest BCUT2D eigenvalue weighted by atomic mass is 16.7. The van der Waals surface area contributed by atoms with Crippen LogP contribution in [0.3, 0.4) is 0 Å². The number of benzene rings is 2. The minimum absolute atomic E-state index is 0.216. The summed E-state index contributed by atoms with van der Waals surface area (Å²) < 4.78 is 21.1. The van der Waals surface area contributed by atoms with Gasteiger partial charge in [-0.15, -0.1) is 0 Å². The molecule has 2 rings (SSSR count). The fourth-order valence-corrected chi connectivity index (χ4v) is 5.12. The monoisotopic (exact) mass is 656 g/mol. The molecule has 8 nitrogen and oxygen atoms in total. The van der Waals surface area contributed by atoms with Gasteiger partial charge in [0, 0.05) is 17.5 Å². The number of hydrogen-bond acceptors (Lipinski definition) is 8. The maximum Gasteiger partial charge on any atom is 0.508 e. The van der Waals surface area contributed by atoms with Gasteiger partial charge in [-0.05, 0) is 113 Å². The summed E-state index contributed by atoms with van der Waals surface area (Å²) in [6.07, 6.45) is 3.08. The number of carbonyl (C=O) groups excluding carboxylic acids is 2. The third kappa shape index (κ3) is 12.6. The van der Waals surface area contributed by atoms with Crippen LogP contribution in [0.1, 0.15) is 142 Å². The molecule has 0 aliphatic carbocycles. The van der Waals surface area contributed by atoms with E-state index in [-0.39, 0.29) is 35.5 Å². The summed E-state index contributed by atoms with van der Waals surface area (Å²) in [5, 5.41) is 23.2. The van der Waals surface area contributed by atoms with Crippen molar-refractivity contribution in [3.8, 4) is 11.5 Å². The van der Waals surface area contributed by atoms with E-state index < -0.39 is 23.5 Å². The van der Waals surface area contributed by atoms with E-state index >= 15 is 0 Å². The van der Waals surface area contributed by atoms with Crippen LogP contribution in [0, 0.1) is 0 Å². The van der Waals surface area contributed by atoms with E-state index in [1.54, 1.807) is 41.5 Å². The number of aryl methyl sites for hydroxylation is 2. The molecule has 0 aromatic heterocycles. The van der Waals surface area contributed by atoms with Crippen LogP contribution in [0.15, 0.2) is 24.3 Å². The molecule has 2 aromatic rings. The lowest BCUT2D eigenvalue weighted by atomic mass is 9.78. The van der Waals surface area contributed by atoms with Crippen molar-refractivity contribution in [2.24, 2.45) is 0 Å². The van der Waals surface area contributed by atoms with E-state index in [1.165, 1.54) is 0 Å². The van der Waals surface area contributed by atoms with E-state index in [0.29, 0.717) is 32.1 Å². The van der Waals surface area contributed by atoms with E-state index in [9.17, 15) is 19.8 Å². The average molecular weight is 657 g/mol. The molecule has 0 heterocycles. The summed E-state index contributed by atoms with van der Waals surface area (Å²) in [5.41, 5.74) is 3.40. The Morgan fingerprint density at radius 3 is 1.23 bits per heavy atom. The highest BCUT2D eigenvalue weighted by Crippen LogP contribution is 2.41. The maximum absolute atomic E-state index is 12.0. The largest absolute Gasteiger partial charge is 0.508 e. The van der Waals surface area contributed by atoms with Gasteiger partial charge in [-0.25, -0.2) is 9.59 Å². The molecule has 0 amide bonds. The highest BCUT2D eigenvalue weighted by molar-refractivity contribution is 5.61. The number of phenolic OH excluding ortho intramolecular Hbond substituents is 2. The van der Waals surface area contributed by atoms with Crippen LogP contribution >= 0.6 is 0 Å². The fourth-order valence-electron chi connectivity index (χ4n) is 5.12. The Balaban J connectivity index is 2.40. The first-order valence-corrected chi connectivity index (χ1v) is 17.0. The van der Waals surface area contributed by atoms with Crippen LogP contribution in [0.2, 0.25) is 0 Å². The number of rotatable bonds is 14. The highest BCUT2D eigenvalue weighted by Gasteiger charge is 2.28. The lowest BCUT2D eigenvalue weighted by Gasteiger charge is -2.28. The van der Waals surface area contributed by atoms with Crippen molar-refractivity contribution in [3.05, 3.63) is 57.6 Å². The van der Waals surface area contributed by atoms with Gasteiger partial charge in [-0.1, -0.05) is 65.8 Å². The molecule has 0 spiro atoms. The SMILES string of the molecule is CCC(C)(C)c1cc(CCCOC(=O)OC(C)(C)C)cc(Cc2cc(CCCOC(=O)OC(C)(C)C)cc(C(C)(C)CC)c2O)c1O. The topological polar surface area (TPSA) is 112 Å². The van der Waals surface area contributed by atoms with Crippen LogP contribution in [-0.4, -0.2) is 46.9 Å². The minimum atomic E-state index is -0.686. The molecule has 47 heavy (non-hydrogen) atoms. The molecule has 264 valence electrons. The van der Waals surface area contributed by atoms with E-state index in [2.05, 4.69) is 41.5 Å². The summed E-state index contributed by atoms with van der Waals surface area (Å²) in [7, 11) is 0. The molecule has 0 unspecified atom stereocenters. The molecule has 0 aliphatic heterocycles. The molecule has 0 aliphatic rings. The number of ether oxygens (including phenoxy) is 4. The van der Waals surface area contributed by atoms with Crippen molar-refractivity contribution in [3.63, 3.8) is 0 Å². The number of aromatic hydroxyl groups is 2. The first-order chi connectivity index (χ1) is 21.6. The van der Waals surface area contributed by atoms with E-state index in [4.69, 9.17) is 18.9 Å². The van der Waals surface area contributed by atoms with Crippen molar-refractivity contribution in [1.82, 2.24) is 0 Å². The lowest BCUT2D eigenvalue weighted by molar-refractivity contribution is -0.00869. The normalized spacial score (nSPS) is 12.5. The Labute approximate surface area is 283 Å². The smallest absolute Gasteiger partial charge is 0.507 e. The minimum Gasteiger partial charge on any atom is -0.507 e. The van der Waals surface area contributed by atoms with Gasteiger partial charge in [0.1, 0.15) is 22.7 Å². The van der Waals surface area contributed by atoms with Crippen LogP contribution in [0.4, 0.5) is 9.59 Å². The first-order valence-electron chi connectivity index (χ1n) is 17.0. The molecule has 0 saturated heterocycles. The van der Waals surface area contributed by atoms with Gasteiger partial charge in [0.15, 0.2) is 0 Å². The molecule has 2 N–H and O–H groups in total. The quantitative estimate of drug-likeness (QED) is 0.153. The molecule has 8 heteroatoms. The summed E-state index contributed by atoms with van der Waals surface area (Å²) >= 11 is 0. The van der Waals surface area contributed by atoms with Crippen molar-refractivity contribution in [2.75, 3.05) is 13.2 Å². The van der Waals surface area contributed by atoms with Crippen molar-refractivity contribution in [1.29, 1.82) is 0 Å².